The van der Waals surface area contributed by atoms with Crippen LogP contribution in [-0.4, -0.2) is 19.9 Å². The van der Waals surface area contributed by atoms with Crippen LogP contribution in [0.15, 0.2) is 121 Å². The molecule has 4 nitrogen and oxygen atoms in total. The summed E-state index contributed by atoms with van der Waals surface area (Å²) < 4.78 is 0. The Morgan fingerprint density at radius 2 is 0.912 bits per heavy atom. The van der Waals surface area contributed by atoms with Gasteiger partial charge in [0.05, 0.1) is 28.5 Å². The quantitative estimate of drug-likeness (QED) is 0.279. The van der Waals surface area contributed by atoms with E-state index in [2.05, 4.69) is 76.6 Å². The number of hydrogen-bond donors (Lipinski definition) is 0. The average Bonchev–Trinajstić information content (AvgIpc) is 2.91. The Balaban J connectivity index is 1.41. The zero-order valence-electron chi connectivity index (χ0n) is 19.0. The van der Waals surface area contributed by atoms with Crippen LogP contribution in [0.25, 0.3) is 22.5 Å². The first kappa shape index (κ1) is 21.7. The lowest BCUT2D eigenvalue weighted by Gasteiger charge is -2.22. The van der Waals surface area contributed by atoms with Crippen molar-refractivity contribution in [3.8, 4) is 22.5 Å². The molecule has 5 rings (SSSR count). The van der Waals surface area contributed by atoms with Gasteiger partial charge < -0.3 is 0 Å². The lowest BCUT2D eigenvalue weighted by Crippen LogP contribution is -2.24. The van der Waals surface area contributed by atoms with Crippen molar-refractivity contribution in [2.75, 3.05) is 0 Å². The molecule has 0 bridgehead atoms. The zero-order chi connectivity index (χ0) is 23.0. The van der Waals surface area contributed by atoms with E-state index in [4.69, 9.17) is 9.97 Å². The third-order valence-electron chi connectivity index (χ3n) is 5.64. The predicted octanol–water partition coefficient (Wildman–Crippen LogP) is 6.41. The Morgan fingerprint density at radius 3 is 1.41 bits per heavy atom. The summed E-state index contributed by atoms with van der Waals surface area (Å²) in [5.41, 5.74) is 7.30. The van der Waals surface area contributed by atoms with Gasteiger partial charge in [0.2, 0.25) is 0 Å². The lowest BCUT2D eigenvalue weighted by molar-refractivity contribution is 0.239. The van der Waals surface area contributed by atoms with Crippen LogP contribution in [0.2, 0.25) is 0 Å². The molecule has 0 amide bonds. The van der Waals surface area contributed by atoms with Gasteiger partial charge in [0.1, 0.15) is 0 Å². The molecule has 0 unspecified atom stereocenters. The van der Waals surface area contributed by atoms with Gasteiger partial charge in [0, 0.05) is 37.0 Å². The standard InChI is InChI=1S/C30H26N4/c1-3-11-24(12-4-1)29-18-9-16-27(32-29)22-34(21-26-15-7-8-20-31-26)23-28-17-10-19-30(33-28)25-13-5-2-6-14-25/h1-20H,21-23H2. The van der Waals surface area contributed by atoms with Gasteiger partial charge in [-0.15, -0.1) is 0 Å². The van der Waals surface area contributed by atoms with Gasteiger partial charge in [-0.2, -0.15) is 0 Å². The van der Waals surface area contributed by atoms with E-state index in [-0.39, 0.29) is 0 Å². The number of aromatic nitrogens is 3. The summed E-state index contributed by atoms with van der Waals surface area (Å²) in [5.74, 6) is 0. The molecule has 0 aliphatic carbocycles. The molecule has 5 aromatic rings. The van der Waals surface area contributed by atoms with E-state index in [1.54, 1.807) is 0 Å². The fourth-order valence-electron chi connectivity index (χ4n) is 4.02. The van der Waals surface area contributed by atoms with Crippen molar-refractivity contribution in [1.29, 1.82) is 0 Å². The molecule has 0 spiro atoms. The maximum atomic E-state index is 4.95. The van der Waals surface area contributed by atoms with Gasteiger partial charge in [-0.1, -0.05) is 78.9 Å². The number of benzene rings is 2. The summed E-state index contributed by atoms with van der Waals surface area (Å²) in [7, 11) is 0. The van der Waals surface area contributed by atoms with Gasteiger partial charge in [0.15, 0.2) is 0 Å². The van der Waals surface area contributed by atoms with Crippen molar-refractivity contribution < 1.29 is 0 Å². The van der Waals surface area contributed by atoms with Crippen LogP contribution in [0.4, 0.5) is 0 Å². The van der Waals surface area contributed by atoms with Crippen LogP contribution in [0, 0.1) is 0 Å². The zero-order valence-corrected chi connectivity index (χ0v) is 19.0. The molecule has 0 fully saturated rings. The molecule has 34 heavy (non-hydrogen) atoms. The summed E-state index contributed by atoms with van der Waals surface area (Å²) >= 11 is 0. The van der Waals surface area contributed by atoms with Crippen LogP contribution in [0.3, 0.4) is 0 Å². The van der Waals surface area contributed by atoms with Gasteiger partial charge in [-0.3, -0.25) is 19.9 Å². The minimum Gasteiger partial charge on any atom is -0.286 e. The van der Waals surface area contributed by atoms with Crippen molar-refractivity contribution >= 4 is 0 Å². The third kappa shape index (κ3) is 5.61. The Kier molecular flexibility index (Phi) is 6.79. The van der Waals surface area contributed by atoms with Gasteiger partial charge in [-0.05, 0) is 36.4 Å². The number of hydrogen-bond acceptors (Lipinski definition) is 4. The van der Waals surface area contributed by atoms with Gasteiger partial charge in [0.25, 0.3) is 0 Å². The summed E-state index contributed by atoms with van der Waals surface area (Å²) in [6.45, 7) is 2.12. The number of rotatable bonds is 8. The summed E-state index contributed by atoms with van der Waals surface area (Å²) in [4.78, 5) is 16.8. The molecule has 0 aliphatic rings. The molecular weight excluding hydrogens is 416 g/mol. The van der Waals surface area contributed by atoms with Gasteiger partial charge >= 0.3 is 0 Å². The summed E-state index contributed by atoms with van der Waals surface area (Å²) in [6.07, 6.45) is 1.84. The van der Waals surface area contributed by atoms with E-state index in [1.807, 2.05) is 54.7 Å². The van der Waals surface area contributed by atoms with Crippen molar-refractivity contribution in [3.05, 3.63) is 139 Å². The Hall–Kier alpha value is -4.15. The second-order valence-electron chi connectivity index (χ2n) is 8.23. The SMILES string of the molecule is c1ccc(-c2cccc(CN(Cc3ccccn3)Cc3cccc(-c4ccccc4)n3)n2)cc1. The molecule has 0 N–H and O–H groups in total. The molecule has 3 heterocycles. The van der Waals surface area contributed by atoms with Gasteiger partial charge in [-0.25, -0.2) is 0 Å². The van der Waals surface area contributed by atoms with E-state index in [0.29, 0.717) is 13.1 Å². The molecule has 0 saturated heterocycles. The highest BCUT2D eigenvalue weighted by molar-refractivity contribution is 5.59. The maximum absolute atomic E-state index is 4.95. The van der Waals surface area contributed by atoms with Crippen molar-refractivity contribution in [3.63, 3.8) is 0 Å². The topological polar surface area (TPSA) is 41.9 Å². The molecule has 3 aromatic heterocycles. The first-order chi connectivity index (χ1) is 16.8. The largest absolute Gasteiger partial charge is 0.286 e. The summed E-state index contributed by atoms with van der Waals surface area (Å²) in [5, 5.41) is 0. The highest BCUT2D eigenvalue weighted by atomic mass is 15.1. The summed E-state index contributed by atoms with van der Waals surface area (Å²) in [6, 6.07) is 39.1. The predicted molar refractivity (Wildman–Crippen MR) is 137 cm³/mol. The fraction of sp³-hybridized carbons (Fsp3) is 0.100. The average molecular weight is 443 g/mol. The fourth-order valence-corrected chi connectivity index (χ4v) is 4.02. The number of nitrogens with zero attached hydrogens (tertiary/aromatic N) is 4. The molecule has 0 radical (unpaired) electrons. The Labute approximate surface area is 200 Å². The van der Waals surface area contributed by atoms with E-state index < -0.39 is 0 Å². The third-order valence-corrected chi connectivity index (χ3v) is 5.64. The van der Waals surface area contributed by atoms with E-state index >= 15 is 0 Å². The van der Waals surface area contributed by atoms with Crippen molar-refractivity contribution in [2.24, 2.45) is 0 Å². The van der Waals surface area contributed by atoms with Crippen LogP contribution in [0.1, 0.15) is 17.1 Å². The van der Waals surface area contributed by atoms with E-state index in [9.17, 15) is 0 Å². The van der Waals surface area contributed by atoms with Crippen molar-refractivity contribution in [2.45, 2.75) is 19.6 Å². The van der Waals surface area contributed by atoms with Crippen LogP contribution >= 0.6 is 0 Å². The first-order valence-corrected chi connectivity index (χ1v) is 11.5. The van der Waals surface area contributed by atoms with E-state index in [1.165, 1.54) is 0 Å². The molecule has 166 valence electrons. The minimum atomic E-state index is 0.703. The Bertz CT molecular complexity index is 1240. The molecule has 4 heteroatoms. The van der Waals surface area contributed by atoms with Crippen molar-refractivity contribution in [1.82, 2.24) is 19.9 Å². The lowest BCUT2D eigenvalue weighted by atomic mass is 10.1. The minimum absolute atomic E-state index is 0.703. The normalized spacial score (nSPS) is 11.0. The monoisotopic (exact) mass is 442 g/mol. The van der Waals surface area contributed by atoms with Crippen LogP contribution < -0.4 is 0 Å². The highest BCUT2D eigenvalue weighted by Crippen LogP contribution is 2.20. The second-order valence-corrected chi connectivity index (χ2v) is 8.23. The molecule has 2 aromatic carbocycles. The Morgan fingerprint density at radius 1 is 0.441 bits per heavy atom. The number of pyridine rings is 3. The molecule has 0 aliphatic heterocycles. The molecule has 0 saturated carbocycles. The molecular formula is C30H26N4. The van der Waals surface area contributed by atoms with E-state index in [0.717, 1.165) is 46.1 Å². The maximum Gasteiger partial charge on any atom is 0.0705 e. The molecule has 0 atom stereocenters. The second kappa shape index (κ2) is 10.6. The van der Waals surface area contributed by atoms with Crippen LogP contribution in [-0.2, 0) is 19.6 Å². The first-order valence-electron chi connectivity index (χ1n) is 11.5. The smallest absolute Gasteiger partial charge is 0.0705 e. The highest BCUT2D eigenvalue weighted by Gasteiger charge is 2.12. The van der Waals surface area contributed by atoms with Crippen LogP contribution in [0.5, 0.6) is 0 Å².